The van der Waals surface area contributed by atoms with Crippen molar-refractivity contribution < 1.29 is 13.2 Å². The van der Waals surface area contributed by atoms with E-state index in [0.29, 0.717) is 5.69 Å². The van der Waals surface area contributed by atoms with Gasteiger partial charge in [-0.3, -0.25) is 9.10 Å². The summed E-state index contributed by atoms with van der Waals surface area (Å²) in [5.74, 6) is -0.401. The van der Waals surface area contributed by atoms with E-state index in [0.717, 1.165) is 27.8 Å². The van der Waals surface area contributed by atoms with Gasteiger partial charge in [0.05, 0.1) is 16.6 Å². The number of aryl methyl sites for hydroxylation is 3. The number of carbonyl (C=O) groups excluding carboxylic acids is 1. The van der Waals surface area contributed by atoms with E-state index in [9.17, 15) is 13.2 Å². The third-order valence-electron chi connectivity index (χ3n) is 6.25. The zero-order valence-electron chi connectivity index (χ0n) is 20.7. The van der Waals surface area contributed by atoms with E-state index in [2.05, 4.69) is 5.32 Å². The fourth-order valence-corrected chi connectivity index (χ4v) is 5.45. The average Bonchev–Trinajstić information content (AvgIpc) is 2.89. The Kier molecular flexibility index (Phi) is 7.55. The Morgan fingerprint density at radius 1 is 0.750 bits per heavy atom. The monoisotopic (exact) mass is 498 g/mol. The zero-order valence-corrected chi connectivity index (χ0v) is 21.5. The van der Waals surface area contributed by atoms with Crippen LogP contribution in [0.25, 0.3) is 0 Å². The molecule has 0 aliphatic carbocycles. The van der Waals surface area contributed by atoms with Crippen LogP contribution in [0.2, 0.25) is 0 Å². The van der Waals surface area contributed by atoms with Gasteiger partial charge in [-0.25, -0.2) is 8.42 Å². The van der Waals surface area contributed by atoms with E-state index in [1.54, 1.807) is 42.5 Å². The van der Waals surface area contributed by atoms with E-state index in [4.69, 9.17) is 0 Å². The standard InChI is InChI=1S/C30H30N2O3S/c1-22-14-17-26(18-15-22)30(25-10-6-4-7-11-25)31-29(33)21-32(27-19-16-23(2)24(3)20-27)36(34,35)28-12-8-5-9-13-28/h4-20,30H,21H2,1-3H3,(H,31,33)/t30-/m1/s1. The predicted octanol–water partition coefficient (Wildman–Crippen LogP) is 5.71. The molecule has 0 spiro atoms. The molecule has 0 fully saturated rings. The first-order valence-electron chi connectivity index (χ1n) is 11.8. The molecule has 0 bridgehead atoms. The van der Waals surface area contributed by atoms with Crippen molar-refractivity contribution in [3.8, 4) is 0 Å². The zero-order chi connectivity index (χ0) is 25.7. The first-order valence-corrected chi connectivity index (χ1v) is 13.3. The molecule has 184 valence electrons. The number of carbonyl (C=O) groups is 1. The molecule has 0 unspecified atom stereocenters. The molecule has 0 aromatic heterocycles. The third-order valence-corrected chi connectivity index (χ3v) is 8.03. The second kappa shape index (κ2) is 10.8. The number of sulfonamides is 1. The van der Waals surface area contributed by atoms with Gasteiger partial charge >= 0.3 is 0 Å². The summed E-state index contributed by atoms with van der Waals surface area (Å²) in [6.45, 7) is 5.55. The fourth-order valence-electron chi connectivity index (χ4n) is 4.02. The highest BCUT2D eigenvalue weighted by Gasteiger charge is 2.28. The molecule has 1 N–H and O–H groups in total. The Hall–Kier alpha value is -3.90. The van der Waals surface area contributed by atoms with Crippen molar-refractivity contribution in [2.45, 2.75) is 31.7 Å². The number of nitrogens with one attached hydrogen (secondary N) is 1. The summed E-state index contributed by atoms with van der Waals surface area (Å²) in [5, 5.41) is 3.07. The molecule has 0 saturated carbocycles. The molecule has 0 aliphatic heterocycles. The molecular formula is C30H30N2O3S. The Bertz CT molecular complexity index is 1440. The lowest BCUT2D eigenvalue weighted by Gasteiger charge is -2.26. The van der Waals surface area contributed by atoms with Crippen LogP contribution in [-0.2, 0) is 14.8 Å². The maximum Gasteiger partial charge on any atom is 0.264 e. The summed E-state index contributed by atoms with van der Waals surface area (Å²) < 4.78 is 28.5. The number of nitrogens with zero attached hydrogens (tertiary/aromatic N) is 1. The molecule has 4 rings (SSSR count). The molecule has 1 atom stereocenters. The van der Waals surface area contributed by atoms with Crippen LogP contribution in [-0.4, -0.2) is 20.9 Å². The summed E-state index contributed by atoms with van der Waals surface area (Å²) in [7, 11) is -3.98. The Balaban J connectivity index is 1.69. The van der Waals surface area contributed by atoms with E-state index in [1.807, 2.05) is 81.4 Å². The number of hydrogen-bond donors (Lipinski definition) is 1. The largest absolute Gasteiger partial charge is 0.344 e. The van der Waals surface area contributed by atoms with Crippen molar-refractivity contribution in [1.82, 2.24) is 5.32 Å². The van der Waals surface area contributed by atoms with Crippen molar-refractivity contribution >= 4 is 21.6 Å². The average molecular weight is 499 g/mol. The molecule has 0 radical (unpaired) electrons. The second-order valence-corrected chi connectivity index (χ2v) is 10.8. The van der Waals surface area contributed by atoms with Gasteiger partial charge in [0.25, 0.3) is 10.0 Å². The minimum Gasteiger partial charge on any atom is -0.344 e. The van der Waals surface area contributed by atoms with Crippen LogP contribution >= 0.6 is 0 Å². The van der Waals surface area contributed by atoms with Gasteiger partial charge in [-0.2, -0.15) is 0 Å². The molecule has 6 heteroatoms. The van der Waals surface area contributed by atoms with Gasteiger partial charge in [0, 0.05) is 0 Å². The molecule has 4 aromatic carbocycles. The number of benzene rings is 4. The van der Waals surface area contributed by atoms with Gasteiger partial charge in [-0.15, -0.1) is 0 Å². The van der Waals surface area contributed by atoms with Crippen molar-refractivity contribution in [1.29, 1.82) is 0 Å². The third kappa shape index (κ3) is 5.66. The summed E-state index contributed by atoms with van der Waals surface area (Å²) in [5.41, 5.74) is 5.39. The highest BCUT2D eigenvalue weighted by atomic mass is 32.2. The molecule has 0 saturated heterocycles. The lowest BCUT2D eigenvalue weighted by atomic mass is 9.98. The van der Waals surface area contributed by atoms with Gasteiger partial charge in [-0.05, 0) is 67.3 Å². The fraction of sp³-hybridized carbons (Fsp3) is 0.167. The molecular weight excluding hydrogens is 468 g/mol. The van der Waals surface area contributed by atoms with Gasteiger partial charge < -0.3 is 5.32 Å². The SMILES string of the molecule is Cc1ccc([C@H](NC(=O)CN(c2ccc(C)c(C)c2)S(=O)(=O)c2ccccc2)c2ccccc2)cc1. The van der Waals surface area contributed by atoms with E-state index in [1.165, 1.54) is 4.31 Å². The topological polar surface area (TPSA) is 66.5 Å². The molecule has 0 heterocycles. The normalized spacial score (nSPS) is 12.1. The van der Waals surface area contributed by atoms with E-state index < -0.39 is 22.0 Å². The van der Waals surface area contributed by atoms with Crippen LogP contribution in [0.5, 0.6) is 0 Å². The van der Waals surface area contributed by atoms with Crippen LogP contribution in [0.3, 0.4) is 0 Å². The van der Waals surface area contributed by atoms with Crippen LogP contribution < -0.4 is 9.62 Å². The minimum atomic E-state index is -3.98. The summed E-state index contributed by atoms with van der Waals surface area (Å²) in [4.78, 5) is 13.6. The van der Waals surface area contributed by atoms with Crippen molar-refractivity contribution in [2.24, 2.45) is 0 Å². The Morgan fingerprint density at radius 3 is 1.94 bits per heavy atom. The Labute approximate surface area is 213 Å². The molecule has 0 aliphatic rings. The van der Waals surface area contributed by atoms with Crippen molar-refractivity contribution in [3.63, 3.8) is 0 Å². The lowest BCUT2D eigenvalue weighted by Crippen LogP contribution is -2.42. The van der Waals surface area contributed by atoms with E-state index in [-0.39, 0.29) is 11.4 Å². The first-order chi connectivity index (χ1) is 17.3. The highest BCUT2D eigenvalue weighted by molar-refractivity contribution is 7.92. The van der Waals surface area contributed by atoms with E-state index >= 15 is 0 Å². The summed E-state index contributed by atoms with van der Waals surface area (Å²) in [6, 6.07) is 30.8. The number of anilines is 1. The first kappa shape index (κ1) is 25.2. The van der Waals surface area contributed by atoms with Crippen LogP contribution in [0.4, 0.5) is 5.69 Å². The summed E-state index contributed by atoms with van der Waals surface area (Å²) in [6.07, 6.45) is 0. The molecule has 4 aromatic rings. The molecule has 5 nitrogen and oxygen atoms in total. The number of amides is 1. The molecule has 1 amide bonds. The second-order valence-electron chi connectivity index (χ2n) is 8.92. The quantitative estimate of drug-likeness (QED) is 0.338. The van der Waals surface area contributed by atoms with Crippen molar-refractivity contribution in [3.05, 3.63) is 131 Å². The van der Waals surface area contributed by atoms with Gasteiger partial charge in [-0.1, -0.05) is 84.4 Å². The lowest BCUT2D eigenvalue weighted by molar-refractivity contribution is -0.120. The van der Waals surface area contributed by atoms with Crippen LogP contribution in [0.15, 0.2) is 108 Å². The number of hydrogen-bond acceptors (Lipinski definition) is 3. The number of rotatable bonds is 8. The van der Waals surface area contributed by atoms with Gasteiger partial charge in [0.15, 0.2) is 0 Å². The minimum absolute atomic E-state index is 0.133. The maximum absolute atomic E-state index is 13.7. The Morgan fingerprint density at radius 2 is 1.33 bits per heavy atom. The maximum atomic E-state index is 13.7. The van der Waals surface area contributed by atoms with Gasteiger partial charge in [0.2, 0.25) is 5.91 Å². The van der Waals surface area contributed by atoms with Crippen LogP contribution in [0.1, 0.15) is 33.9 Å². The smallest absolute Gasteiger partial charge is 0.264 e. The molecule has 36 heavy (non-hydrogen) atoms. The van der Waals surface area contributed by atoms with Gasteiger partial charge in [0.1, 0.15) is 6.54 Å². The predicted molar refractivity (Wildman–Crippen MR) is 144 cm³/mol. The summed E-state index contributed by atoms with van der Waals surface area (Å²) >= 11 is 0. The highest BCUT2D eigenvalue weighted by Crippen LogP contribution is 2.27. The van der Waals surface area contributed by atoms with Crippen molar-refractivity contribution in [2.75, 3.05) is 10.8 Å². The van der Waals surface area contributed by atoms with Crippen LogP contribution in [0, 0.1) is 20.8 Å².